The molecule has 0 aromatic carbocycles. The number of aryl methyl sites for hydroxylation is 2. The van der Waals surface area contributed by atoms with E-state index in [9.17, 15) is 0 Å². The first-order valence-electron chi connectivity index (χ1n) is 7.16. The fourth-order valence-electron chi connectivity index (χ4n) is 2.02. The van der Waals surface area contributed by atoms with Crippen molar-refractivity contribution in [3.63, 3.8) is 0 Å². The quantitative estimate of drug-likeness (QED) is 0.867. The van der Waals surface area contributed by atoms with Crippen LogP contribution in [-0.2, 0) is 13.0 Å². The topological polar surface area (TPSA) is 71.8 Å². The highest BCUT2D eigenvalue weighted by molar-refractivity contribution is 5.50. The molecular weight excluding hydrogens is 266 g/mol. The van der Waals surface area contributed by atoms with Crippen LogP contribution in [0.15, 0.2) is 6.33 Å². The molecule has 0 radical (unpaired) electrons. The number of rotatable bonds is 6. The molecule has 7 nitrogen and oxygen atoms in total. The summed E-state index contributed by atoms with van der Waals surface area (Å²) in [4.78, 5) is 10.9. The van der Waals surface area contributed by atoms with Crippen LogP contribution in [0.25, 0.3) is 0 Å². The average Bonchev–Trinajstić information content (AvgIpc) is 2.90. The van der Waals surface area contributed by atoms with Gasteiger partial charge in [-0.15, -0.1) is 10.2 Å². The number of hydrogen-bond donors (Lipinski definition) is 1. The molecule has 2 aromatic rings. The SMILES string of the molecule is CCn1cnnc1CCNc1nc(N(C)C)nc(C)c1C. The molecule has 0 saturated carbocycles. The van der Waals surface area contributed by atoms with E-state index in [-0.39, 0.29) is 0 Å². The molecule has 21 heavy (non-hydrogen) atoms. The molecule has 0 spiro atoms. The van der Waals surface area contributed by atoms with Crippen LogP contribution in [-0.4, -0.2) is 45.4 Å². The molecule has 0 aliphatic carbocycles. The second-order valence-corrected chi connectivity index (χ2v) is 5.19. The summed E-state index contributed by atoms with van der Waals surface area (Å²) >= 11 is 0. The summed E-state index contributed by atoms with van der Waals surface area (Å²) in [6.07, 6.45) is 2.58. The Balaban J connectivity index is 2.06. The van der Waals surface area contributed by atoms with Crippen LogP contribution in [0.1, 0.15) is 24.0 Å². The number of nitrogens with zero attached hydrogens (tertiary/aromatic N) is 6. The Bertz CT molecular complexity index is 603. The normalized spacial score (nSPS) is 10.7. The van der Waals surface area contributed by atoms with Gasteiger partial charge in [0.2, 0.25) is 5.95 Å². The third-order valence-corrected chi connectivity index (χ3v) is 3.45. The lowest BCUT2D eigenvalue weighted by atomic mass is 10.2. The highest BCUT2D eigenvalue weighted by atomic mass is 15.3. The Kier molecular flexibility index (Phi) is 4.72. The lowest BCUT2D eigenvalue weighted by Gasteiger charge is -2.16. The molecule has 0 saturated heterocycles. The van der Waals surface area contributed by atoms with E-state index in [1.165, 1.54) is 0 Å². The van der Waals surface area contributed by atoms with Crippen molar-refractivity contribution in [2.45, 2.75) is 33.7 Å². The van der Waals surface area contributed by atoms with Crippen molar-refractivity contribution < 1.29 is 0 Å². The van der Waals surface area contributed by atoms with E-state index in [4.69, 9.17) is 0 Å². The number of aromatic nitrogens is 5. The predicted octanol–water partition coefficient (Wildman–Crippen LogP) is 1.43. The van der Waals surface area contributed by atoms with E-state index in [1.807, 2.05) is 37.4 Å². The maximum Gasteiger partial charge on any atom is 0.227 e. The summed E-state index contributed by atoms with van der Waals surface area (Å²) in [5, 5.41) is 11.5. The molecule has 1 N–H and O–H groups in total. The Hall–Kier alpha value is -2.18. The second-order valence-electron chi connectivity index (χ2n) is 5.19. The molecule has 2 aromatic heterocycles. The van der Waals surface area contributed by atoms with Crippen LogP contribution in [0.5, 0.6) is 0 Å². The van der Waals surface area contributed by atoms with Gasteiger partial charge in [0.05, 0.1) is 0 Å². The zero-order valence-electron chi connectivity index (χ0n) is 13.4. The van der Waals surface area contributed by atoms with Crippen molar-refractivity contribution in [1.82, 2.24) is 24.7 Å². The molecule has 0 aliphatic heterocycles. The van der Waals surface area contributed by atoms with E-state index in [1.54, 1.807) is 6.33 Å². The van der Waals surface area contributed by atoms with Crippen molar-refractivity contribution in [1.29, 1.82) is 0 Å². The summed E-state index contributed by atoms with van der Waals surface area (Å²) in [5.74, 6) is 2.59. The predicted molar refractivity (Wildman–Crippen MR) is 83.7 cm³/mol. The van der Waals surface area contributed by atoms with Gasteiger partial charge in [-0.25, -0.2) is 4.98 Å². The molecule has 2 heterocycles. The minimum Gasteiger partial charge on any atom is -0.369 e. The first kappa shape index (κ1) is 15.2. The largest absolute Gasteiger partial charge is 0.369 e. The van der Waals surface area contributed by atoms with Crippen LogP contribution in [0, 0.1) is 13.8 Å². The number of nitrogens with one attached hydrogen (secondary N) is 1. The van der Waals surface area contributed by atoms with Gasteiger partial charge >= 0.3 is 0 Å². The lowest BCUT2D eigenvalue weighted by Crippen LogP contribution is -2.17. The summed E-state index contributed by atoms with van der Waals surface area (Å²) < 4.78 is 2.05. The van der Waals surface area contributed by atoms with E-state index in [2.05, 4.69) is 32.4 Å². The molecule has 0 fully saturated rings. The molecular formula is C14H23N7. The van der Waals surface area contributed by atoms with Crippen LogP contribution in [0.2, 0.25) is 0 Å². The number of hydrogen-bond acceptors (Lipinski definition) is 6. The van der Waals surface area contributed by atoms with Gasteiger partial charge in [-0.3, -0.25) is 0 Å². The van der Waals surface area contributed by atoms with Gasteiger partial charge in [0.25, 0.3) is 0 Å². The average molecular weight is 289 g/mol. The van der Waals surface area contributed by atoms with Gasteiger partial charge in [-0.2, -0.15) is 4.98 Å². The maximum absolute atomic E-state index is 4.55. The molecule has 114 valence electrons. The van der Waals surface area contributed by atoms with E-state index >= 15 is 0 Å². The number of anilines is 2. The van der Waals surface area contributed by atoms with Crippen LogP contribution in [0.4, 0.5) is 11.8 Å². The minimum absolute atomic E-state index is 0.720. The summed E-state index contributed by atoms with van der Waals surface area (Å²) in [5.41, 5.74) is 2.07. The van der Waals surface area contributed by atoms with E-state index in [0.29, 0.717) is 0 Å². The van der Waals surface area contributed by atoms with Gasteiger partial charge in [-0.05, 0) is 20.8 Å². The van der Waals surface area contributed by atoms with E-state index in [0.717, 1.165) is 48.4 Å². The van der Waals surface area contributed by atoms with Gasteiger partial charge < -0.3 is 14.8 Å². The van der Waals surface area contributed by atoms with Crippen LogP contribution in [0.3, 0.4) is 0 Å². The van der Waals surface area contributed by atoms with Crippen molar-refractivity contribution >= 4 is 11.8 Å². The molecule has 0 bridgehead atoms. The standard InChI is InChI=1S/C14H23N7/c1-6-21-9-16-19-12(21)7-8-15-13-10(2)11(3)17-14(18-13)20(4)5/h9H,6-8H2,1-5H3,(H,15,17,18). The molecule has 7 heteroatoms. The third kappa shape index (κ3) is 3.48. The van der Waals surface area contributed by atoms with Gasteiger partial charge in [0.15, 0.2) is 0 Å². The second kappa shape index (κ2) is 6.51. The smallest absolute Gasteiger partial charge is 0.227 e. The molecule has 0 unspecified atom stereocenters. The van der Waals surface area contributed by atoms with Crippen molar-refractivity contribution in [2.75, 3.05) is 30.9 Å². The Morgan fingerprint density at radius 1 is 1.24 bits per heavy atom. The molecule has 0 amide bonds. The first-order chi connectivity index (χ1) is 10.0. The zero-order chi connectivity index (χ0) is 15.4. The summed E-state index contributed by atoms with van der Waals surface area (Å²) in [7, 11) is 3.88. The summed E-state index contributed by atoms with van der Waals surface area (Å²) in [6, 6.07) is 0. The fourth-order valence-corrected chi connectivity index (χ4v) is 2.02. The maximum atomic E-state index is 4.55. The van der Waals surface area contributed by atoms with Crippen molar-refractivity contribution in [3.05, 3.63) is 23.4 Å². The summed E-state index contributed by atoms with van der Waals surface area (Å²) in [6.45, 7) is 7.78. The Morgan fingerprint density at radius 3 is 2.67 bits per heavy atom. The first-order valence-corrected chi connectivity index (χ1v) is 7.16. The van der Waals surface area contributed by atoms with Crippen LogP contribution < -0.4 is 10.2 Å². The van der Waals surface area contributed by atoms with Crippen molar-refractivity contribution in [3.8, 4) is 0 Å². The van der Waals surface area contributed by atoms with Gasteiger partial charge in [0, 0.05) is 44.9 Å². The molecule has 0 aliphatic rings. The van der Waals surface area contributed by atoms with E-state index < -0.39 is 0 Å². The highest BCUT2D eigenvalue weighted by Crippen LogP contribution is 2.18. The fraction of sp³-hybridized carbons (Fsp3) is 0.571. The molecule has 0 atom stereocenters. The zero-order valence-corrected chi connectivity index (χ0v) is 13.4. The van der Waals surface area contributed by atoms with Gasteiger partial charge in [0.1, 0.15) is 18.0 Å². The monoisotopic (exact) mass is 289 g/mol. The third-order valence-electron chi connectivity index (χ3n) is 3.45. The lowest BCUT2D eigenvalue weighted by molar-refractivity contribution is 0.697. The highest BCUT2D eigenvalue weighted by Gasteiger charge is 2.09. The Morgan fingerprint density at radius 2 is 2.00 bits per heavy atom. The van der Waals surface area contributed by atoms with Crippen molar-refractivity contribution in [2.24, 2.45) is 0 Å². The molecule has 2 rings (SSSR count). The van der Waals surface area contributed by atoms with Crippen LogP contribution >= 0.6 is 0 Å². The Labute approximate surface area is 125 Å². The van der Waals surface area contributed by atoms with Gasteiger partial charge in [-0.1, -0.05) is 0 Å². The minimum atomic E-state index is 0.720.